The van der Waals surface area contributed by atoms with Crippen molar-refractivity contribution in [3.8, 4) is 0 Å². The van der Waals surface area contributed by atoms with Gasteiger partial charge in [-0.1, -0.05) is 18.2 Å². The first kappa shape index (κ1) is 19.0. The van der Waals surface area contributed by atoms with E-state index in [1.807, 2.05) is 32.0 Å². The Kier molecular flexibility index (Phi) is 4.96. The van der Waals surface area contributed by atoms with Gasteiger partial charge in [0, 0.05) is 29.9 Å². The first-order valence-corrected chi connectivity index (χ1v) is 9.72. The van der Waals surface area contributed by atoms with Crippen LogP contribution in [0.5, 0.6) is 0 Å². The van der Waals surface area contributed by atoms with E-state index in [0.29, 0.717) is 36.3 Å². The molecule has 0 aliphatic carbocycles. The molecule has 1 N–H and O–H groups in total. The number of aromatic nitrogens is 1. The molecule has 0 unspecified atom stereocenters. The smallest absolute Gasteiger partial charge is 0.421 e. The Morgan fingerprint density at radius 2 is 2.03 bits per heavy atom. The Morgan fingerprint density at radius 3 is 2.72 bits per heavy atom. The molecule has 0 bridgehead atoms. The topological polar surface area (TPSA) is 82.7 Å². The van der Waals surface area contributed by atoms with Gasteiger partial charge in [-0.05, 0) is 44.0 Å². The molecule has 1 aromatic heterocycles. The van der Waals surface area contributed by atoms with Crippen molar-refractivity contribution in [2.24, 2.45) is 0 Å². The molecule has 4 rings (SSSR count). The van der Waals surface area contributed by atoms with Gasteiger partial charge in [0.25, 0.3) is 5.91 Å². The Balaban J connectivity index is 1.55. The number of anilines is 1. The number of nitrogens with zero attached hydrogens (tertiary/aromatic N) is 2. The molecule has 2 aliphatic rings. The van der Waals surface area contributed by atoms with Crippen LogP contribution in [0.4, 0.5) is 10.5 Å². The van der Waals surface area contributed by atoms with Crippen LogP contribution in [-0.4, -0.2) is 47.5 Å². The van der Waals surface area contributed by atoms with E-state index in [0.717, 1.165) is 28.3 Å². The molecule has 150 valence electrons. The minimum absolute atomic E-state index is 0.0600. The van der Waals surface area contributed by atoms with Crippen molar-refractivity contribution in [1.29, 1.82) is 0 Å². The largest absolute Gasteiger partial charge is 0.447 e. The minimum atomic E-state index is -0.725. The number of imide groups is 1. The first-order valence-electron chi connectivity index (χ1n) is 9.72. The number of benzene rings is 1. The molecule has 29 heavy (non-hydrogen) atoms. The summed E-state index contributed by atoms with van der Waals surface area (Å²) in [6, 6.07) is 9.17. The maximum Gasteiger partial charge on any atom is 0.421 e. The van der Waals surface area contributed by atoms with E-state index in [1.165, 1.54) is 0 Å². The van der Waals surface area contributed by atoms with E-state index < -0.39 is 12.0 Å². The van der Waals surface area contributed by atoms with Gasteiger partial charge < -0.3 is 14.6 Å². The Bertz CT molecular complexity index is 1020. The van der Waals surface area contributed by atoms with E-state index in [-0.39, 0.29) is 12.5 Å². The number of nitrogens with one attached hydrogen (secondary N) is 1. The standard InChI is InChI=1S/C22H23N3O4/c1-14-12-15(2)23-18(14)13-17-16-6-3-4-7-19(16)25(21(17)27)22(28)29-11-10-24-9-5-8-20(24)26/h3-4,6-7,12-13,23H,5,8-11H2,1-2H3/b17-13-. The number of amides is 3. The molecule has 1 fully saturated rings. The molecule has 0 atom stereocenters. The Hall–Kier alpha value is -3.35. The fourth-order valence-electron chi connectivity index (χ4n) is 3.85. The van der Waals surface area contributed by atoms with Gasteiger partial charge in [0.1, 0.15) is 6.61 Å². The van der Waals surface area contributed by atoms with Crippen molar-refractivity contribution in [2.45, 2.75) is 26.7 Å². The molecule has 0 radical (unpaired) electrons. The third kappa shape index (κ3) is 3.55. The number of aryl methyl sites for hydroxylation is 2. The van der Waals surface area contributed by atoms with Crippen molar-refractivity contribution in [3.63, 3.8) is 0 Å². The minimum Gasteiger partial charge on any atom is -0.447 e. The summed E-state index contributed by atoms with van der Waals surface area (Å²) in [5.74, 6) is -0.342. The fourth-order valence-corrected chi connectivity index (χ4v) is 3.85. The van der Waals surface area contributed by atoms with Gasteiger partial charge in [0.2, 0.25) is 5.91 Å². The monoisotopic (exact) mass is 393 g/mol. The molecule has 1 aromatic carbocycles. The molecule has 7 heteroatoms. The number of para-hydroxylation sites is 1. The van der Waals surface area contributed by atoms with E-state index in [4.69, 9.17) is 4.74 Å². The van der Waals surface area contributed by atoms with Crippen molar-refractivity contribution in [1.82, 2.24) is 9.88 Å². The van der Waals surface area contributed by atoms with Crippen molar-refractivity contribution in [2.75, 3.05) is 24.6 Å². The van der Waals surface area contributed by atoms with Crippen LogP contribution in [0.25, 0.3) is 11.6 Å². The lowest BCUT2D eigenvalue weighted by Gasteiger charge is -2.18. The molecule has 0 saturated carbocycles. The van der Waals surface area contributed by atoms with Gasteiger partial charge in [-0.2, -0.15) is 0 Å². The lowest BCUT2D eigenvalue weighted by molar-refractivity contribution is -0.128. The van der Waals surface area contributed by atoms with Crippen LogP contribution in [0.1, 0.15) is 35.4 Å². The zero-order chi connectivity index (χ0) is 20.5. The summed E-state index contributed by atoms with van der Waals surface area (Å²) >= 11 is 0. The second kappa shape index (κ2) is 7.58. The summed E-state index contributed by atoms with van der Waals surface area (Å²) < 4.78 is 5.33. The van der Waals surface area contributed by atoms with Crippen molar-refractivity contribution < 1.29 is 19.1 Å². The Morgan fingerprint density at radius 1 is 1.24 bits per heavy atom. The van der Waals surface area contributed by atoms with Crippen LogP contribution in [0.3, 0.4) is 0 Å². The van der Waals surface area contributed by atoms with E-state index in [2.05, 4.69) is 4.98 Å². The van der Waals surface area contributed by atoms with E-state index >= 15 is 0 Å². The number of carbonyl (C=O) groups is 3. The molecule has 3 amide bonds. The normalized spacial score (nSPS) is 17.4. The number of fused-ring (bicyclic) bond motifs is 1. The predicted octanol–water partition coefficient (Wildman–Crippen LogP) is 3.28. The summed E-state index contributed by atoms with van der Waals surface area (Å²) in [6.45, 7) is 5.01. The van der Waals surface area contributed by atoms with Crippen LogP contribution in [-0.2, 0) is 14.3 Å². The lowest BCUT2D eigenvalue weighted by atomic mass is 10.1. The molecule has 7 nitrogen and oxygen atoms in total. The molecule has 2 aliphatic heterocycles. The van der Waals surface area contributed by atoms with E-state index in [1.54, 1.807) is 23.1 Å². The van der Waals surface area contributed by atoms with Crippen LogP contribution in [0.15, 0.2) is 30.3 Å². The van der Waals surface area contributed by atoms with Gasteiger partial charge in [0.15, 0.2) is 0 Å². The number of rotatable bonds is 4. The number of ether oxygens (including phenoxy) is 1. The summed E-state index contributed by atoms with van der Waals surface area (Å²) in [7, 11) is 0. The highest BCUT2D eigenvalue weighted by Gasteiger charge is 2.37. The average molecular weight is 393 g/mol. The Labute approximate surface area is 168 Å². The first-order chi connectivity index (χ1) is 14.0. The average Bonchev–Trinajstić information content (AvgIpc) is 3.32. The van der Waals surface area contributed by atoms with Crippen molar-refractivity contribution >= 4 is 35.2 Å². The third-order valence-corrected chi connectivity index (χ3v) is 5.29. The van der Waals surface area contributed by atoms with Crippen LogP contribution in [0.2, 0.25) is 0 Å². The van der Waals surface area contributed by atoms with Crippen LogP contribution >= 0.6 is 0 Å². The fraction of sp³-hybridized carbons (Fsp3) is 0.318. The zero-order valence-corrected chi connectivity index (χ0v) is 16.5. The number of hydrogen-bond donors (Lipinski definition) is 1. The number of H-pyrrole nitrogens is 1. The lowest BCUT2D eigenvalue weighted by Crippen LogP contribution is -2.36. The SMILES string of the molecule is Cc1cc(C)c(/C=C2\C(=O)N(C(=O)OCCN3CCCC3=O)c3ccccc32)[nH]1. The van der Waals surface area contributed by atoms with Gasteiger partial charge in [-0.15, -0.1) is 0 Å². The zero-order valence-electron chi connectivity index (χ0n) is 16.5. The van der Waals surface area contributed by atoms with Gasteiger partial charge >= 0.3 is 6.09 Å². The van der Waals surface area contributed by atoms with Gasteiger partial charge in [-0.3, -0.25) is 9.59 Å². The highest BCUT2D eigenvalue weighted by atomic mass is 16.6. The van der Waals surface area contributed by atoms with Crippen molar-refractivity contribution in [3.05, 3.63) is 52.8 Å². The van der Waals surface area contributed by atoms with Gasteiger partial charge in [0.05, 0.1) is 17.8 Å². The third-order valence-electron chi connectivity index (χ3n) is 5.29. The van der Waals surface area contributed by atoms with Crippen LogP contribution in [0, 0.1) is 13.8 Å². The highest BCUT2D eigenvalue weighted by Crippen LogP contribution is 2.38. The maximum atomic E-state index is 13.1. The molecule has 3 heterocycles. The maximum absolute atomic E-state index is 13.1. The van der Waals surface area contributed by atoms with E-state index in [9.17, 15) is 14.4 Å². The number of carbonyl (C=O) groups excluding carboxylic acids is 3. The molecule has 2 aromatic rings. The summed E-state index contributed by atoms with van der Waals surface area (Å²) in [4.78, 5) is 43.4. The summed E-state index contributed by atoms with van der Waals surface area (Å²) in [5.41, 5.74) is 4.50. The van der Waals surface area contributed by atoms with Crippen LogP contribution < -0.4 is 4.90 Å². The highest BCUT2D eigenvalue weighted by molar-refractivity contribution is 6.41. The molecule has 1 saturated heterocycles. The molecular formula is C22H23N3O4. The summed E-state index contributed by atoms with van der Waals surface area (Å²) in [6.07, 6.45) is 2.42. The number of aromatic amines is 1. The second-order valence-corrected chi connectivity index (χ2v) is 7.36. The summed E-state index contributed by atoms with van der Waals surface area (Å²) in [5, 5.41) is 0. The number of likely N-dealkylation sites (tertiary alicyclic amines) is 1. The molecule has 0 spiro atoms. The second-order valence-electron chi connectivity index (χ2n) is 7.36. The van der Waals surface area contributed by atoms with Gasteiger partial charge in [-0.25, -0.2) is 9.69 Å². The predicted molar refractivity (Wildman–Crippen MR) is 109 cm³/mol. The molecular weight excluding hydrogens is 370 g/mol. The quantitative estimate of drug-likeness (QED) is 0.808. The number of hydrogen-bond acceptors (Lipinski definition) is 4.